The van der Waals surface area contributed by atoms with Crippen molar-refractivity contribution in [2.45, 2.75) is 0 Å². The quantitative estimate of drug-likeness (QED) is 0.776. The highest BCUT2D eigenvalue weighted by Gasteiger charge is 2.11. The number of guanidine groups is 1. The van der Waals surface area contributed by atoms with Crippen molar-refractivity contribution in [2.75, 3.05) is 33.3 Å². The first-order valence-electron chi connectivity index (χ1n) is 5.50. The number of nitrogens with one attached hydrogen (secondary N) is 1. The monoisotopic (exact) mass is 238 g/mol. The van der Waals surface area contributed by atoms with Crippen LogP contribution in [0, 0.1) is 5.82 Å². The van der Waals surface area contributed by atoms with E-state index in [1.54, 1.807) is 0 Å². The van der Waals surface area contributed by atoms with E-state index in [0.717, 1.165) is 19.0 Å². The van der Waals surface area contributed by atoms with Crippen molar-refractivity contribution in [2.24, 2.45) is 4.99 Å². The second kappa shape index (κ2) is 5.47. The van der Waals surface area contributed by atoms with E-state index in [1.165, 1.54) is 18.3 Å². The summed E-state index contributed by atoms with van der Waals surface area (Å²) in [6.07, 6.45) is 1.50. The maximum Gasteiger partial charge on any atom is 0.250 e. The van der Waals surface area contributed by atoms with Gasteiger partial charge in [-0.25, -0.2) is 9.37 Å². The molecule has 0 aromatic carbocycles. The lowest BCUT2D eigenvalue weighted by Crippen LogP contribution is -2.37. The molecule has 0 aliphatic carbocycles. The van der Waals surface area contributed by atoms with Gasteiger partial charge in [-0.05, 0) is 12.1 Å². The molecule has 1 aromatic rings. The molecule has 92 valence electrons. The fourth-order valence-corrected chi connectivity index (χ4v) is 1.51. The summed E-state index contributed by atoms with van der Waals surface area (Å²) in [6.45, 7) is 2.66. The number of aromatic nitrogens is 1. The maximum absolute atomic E-state index is 13.1. The summed E-state index contributed by atoms with van der Waals surface area (Å²) in [4.78, 5) is 10.1. The molecule has 0 unspecified atom stereocenters. The third-order valence-corrected chi connectivity index (χ3v) is 2.41. The highest BCUT2D eigenvalue weighted by molar-refractivity contribution is 5.81. The Bertz CT molecular complexity index is 410. The molecular formula is C11H15FN4O. The van der Waals surface area contributed by atoms with Crippen molar-refractivity contribution in [1.29, 1.82) is 0 Å². The molecule has 1 aliphatic rings. The topological polar surface area (TPSA) is 49.8 Å². The van der Waals surface area contributed by atoms with Crippen molar-refractivity contribution in [3.05, 3.63) is 24.1 Å². The lowest BCUT2D eigenvalue weighted by atomic mass is 10.5. The second-order valence-electron chi connectivity index (χ2n) is 3.69. The number of likely N-dealkylation sites (N-methyl/N-ethyl adjacent to an activating group) is 1. The minimum atomic E-state index is -0.442. The van der Waals surface area contributed by atoms with Crippen LogP contribution in [0.4, 0.5) is 4.39 Å². The Labute approximate surface area is 99.3 Å². The van der Waals surface area contributed by atoms with Gasteiger partial charge in [0.05, 0.1) is 13.1 Å². The molecule has 1 N–H and O–H groups in total. The Balaban J connectivity index is 1.72. The summed E-state index contributed by atoms with van der Waals surface area (Å²) in [5, 5.41) is 3.12. The third kappa shape index (κ3) is 3.05. The normalized spacial score (nSPS) is 14.7. The van der Waals surface area contributed by atoms with E-state index in [2.05, 4.69) is 15.3 Å². The Morgan fingerprint density at radius 3 is 3.18 bits per heavy atom. The molecule has 6 heteroatoms. The molecule has 0 radical (unpaired) electrons. The van der Waals surface area contributed by atoms with Gasteiger partial charge in [-0.1, -0.05) is 0 Å². The van der Waals surface area contributed by atoms with E-state index in [0.29, 0.717) is 13.2 Å². The van der Waals surface area contributed by atoms with Crippen LogP contribution >= 0.6 is 0 Å². The lowest BCUT2D eigenvalue weighted by Gasteiger charge is -2.15. The largest absolute Gasteiger partial charge is 0.474 e. The van der Waals surface area contributed by atoms with Crippen LogP contribution in [0.2, 0.25) is 0 Å². The van der Waals surface area contributed by atoms with Gasteiger partial charge in [0.25, 0.3) is 0 Å². The molecule has 1 aliphatic heterocycles. The summed E-state index contributed by atoms with van der Waals surface area (Å²) < 4.78 is 18.3. The Kier molecular flexibility index (Phi) is 3.74. The predicted octanol–water partition coefficient (Wildman–Crippen LogP) is 0.491. The molecule has 0 saturated carbocycles. The Hall–Kier alpha value is -1.85. The highest BCUT2D eigenvalue weighted by atomic mass is 19.1. The van der Waals surface area contributed by atoms with Gasteiger partial charge in [0.1, 0.15) is 6.61 Å². The number of halogens is 1. The number of hydrogen-bond acceptors (Lipinski definition) is 5. The van der Waals surface area contributed by atoms with Gasteiger partial charge < -0.3 is 15.0 Å². The average Bonchev–Trinajstić information content (AvgIpc) is 2.73. The number of nitrogens with zero attached hydrogens (tertiary/aromatic N) is 3. The molecule has 2 rings (SSSR count). The lowest BCUT2D eigenvalue weighted by molar-refractivity contribution is 0.291. The molecule has 0 spiro atoms. The first-order chi connectivity index (χ1) is 8.27. The van der Waals surface area contributed by atoms with E-state index in [1.807, 2.05) is 11.9 Å². The molecule has 0 fully saturated rings. The molecule has 1 aromatic heterocycles. The summed E-state index contributed by atoms with van der Waals surface area (Å²) in [7, 11) is 1.97. The average molecular weight is 238 g/mol. The Morgan fingerprint density at radius 2 is 2.47 bits per heavy atom. The fourth-order valence-electron chi connectivity index (χ4n) is 1.51. The zero-order valence-corrected chi connectivity index (χ0v) is 9.69. The molecule has 0 bridgehead atoms. The fraction of sp³-hybridized carbons (Fsp3) is 0.455. The number of rotatable bonds is 4. The van der Waals surface area contributed by atoms with Crippen molar-refractivity contribution in [3.63, 3.8) is 0 Å². The van der Waals surface area contributed by atoms with Gasteiger partial charge in [-0.15, -0.1) is 0 Å². The molecule has 0 amide bonds. The number of aliphatic imine (C=N–C) groups is 1. The van der Waals surface area contributed by atoms with Gasteiger partial charge in [-0.2, -0.15) is 0 Å². The van der Waals surface area contributed by atoms with Crippen LogP contribution < -0.4 is 10.1 Å². The van der Waals surface area contributed by atoms with Crippen LogP contribution in [-0.4, -0.2) is 49.1 Å². The standard InChI is InChI=1S/C11H15FN4O/c1-16-7-5-14-11(16)15-6-8-17-10-9(12)3-2-4-13-10/h2-4H,5-8H2,1H3,(H,14,15). The van der Waals surface area contributed by atoms with E-state index in [-0.39, 0.29) is 5.88 Å². The van der Waals surface area contributed by atoms with Crippen LogP contribution in [0.15, 0.2) is 23.3 Å². The molecule has 2 heterocycles. The molecule has 5 nitrogen and oxygen atoms in total. The van der Waals surface area contributed by atoms with Crippen LogP contribution in [0.1, 0.15) is 0 Å². The first kappa shape index (κ1) is 11.6. The zero-order chi connectivity index (χ0) is 12.1. The summed E-state index contributed by atoms with van der Waals surface area (Å²) in [5.41, 5.74) is 0. The van der Waals surface area contributed by atoms with Crippen LogP contribution in [-0.2, 0) is 0 Å². The van der Waals surface area contributed by atoms with Gasteiger partial charge in [0.15, 0.2) is 11.8 Å². The van der Waals surface area contributed by atoms with Crippen LogP contribution in [0.25, 0.3) is 0 Å². The number of ether oxygens (including phenoxy) is 1. The predicted molar refractivity (Wildman–Crippen MR) is 62.6 cm³/mol. The first-order valence-corrected chi connectivity index (χ1v) is 5.50. The summed E-state index contributed by atoms with van der Waals surface area (Å²) in [6, 6.07) is 2.85. The zero-order valence-electron chi connectivity index (χ0n) is 9.69. The van der Waals surface area contributed by atoms with Crippen molar-refractivity contribution < 1.29 is 9.13 Å². The van der Waals surface area contributed by atoms with Gasteiger partial charge in [0.2, 0.25) is 5.88 Å². The second-order valence-corrected chi connectivity index (χ2v) is 3.69. The molecule has 0 atom stereocenters. The molecule has 17 heavy (non-hydrogen) atoms. The molecular weight excluding hydrogens is 223 g/mol. The van der Waals surface area contributed by atoms with Crippen molar-refractivity contribution in [1.82, 2.24) is 15.2 Å². The minimum absolute atomic E-state index is 0.0380. The smallest absolute Gasteiger partial charge is 0.250 e. The molecule has 0 saturated heterocycles. The van der Waals surface area contributed by atoms with Crippen LogP contribution in [0.3, 0.4) is 0 Å². The highest BCUT2D eigenvalue weighted by Crippen LogP contribution is 2.10. The van der Waals surface area contributed by atoms with Gasteiger partial charge in [0, 0.05) is 19.8 Å². The number of pyridine rings is 1. The van der Waals surface area contributed by atoms with E-state index in [4.69, 9.17) is 4.74 Å². The Morgan fingerprint density at radius 1 is 1.59 bits per heavy atom. The van der Waals surface area contributed by atoms with E-state index >= 15 is 0 Å². The maximum atomic E-state index is 13.1. The number of hydrogen-bond donors (Lipinski definition) is 1. The van der Waals surface area contributed by atoms with E-state index < -0.39 is 5.82 Å². The minimum Gasteiger partial charge on any atom is -0.474 e. The van der Waals surface area contributed by atoms with E-state index in [9.17, 15) is 4.39 Å². The van der Waals surface area contributed by atoms with Crippen LogP contribution in [0.5, 0.6) is 5.88 Å². The van der Waals surface area contributed by atoms with Crippen molar-refractivity contribution in [3.8, 4) is 5.88 Å². The SMILES string of the molecule is CN1CCN=C1NCCOc1ncccc1F. The summed E-state index contributed by atoms with van der Waals surface area (Å²) in [5.74, 6) is 0.453. The van der Waals surface area contributed by atoms with Gasteiger partial charge in [-0.3, -0.25) is 4.99 Å². The van der Waals surface area contributed by atoms with Crippen molar-refractivity contribution >= 4 is 5.96 Å². The van der Waals surface area contributed by atoms with Gasteiger partial charge >= 0.3 is 0 Å². The summed E-state index contributed by atoms with van der Waals surface area (Å²) >= 11 is 0. The third-order valence-electron chi connectivity index (χ3n) is 2.41.